The summed E-state index contributed by atoms with van der Waals surface area (Å²) in [5.41, 5.74) is 9.39. The van der Waals surface area contributed by atoms with Gasteiger partial charge in [0, 0.05) is 34.1 Å². The molecule has 5 aromatic rings. The van der Waals surface area contributed by atoms with Crippen LogP contribution < -0.4 is 0 Å². The molecular formula is C40H32OS. The zero-order valence-corrected chi connectivity index (χ0v) is 24.6. The van der Waals surface area contributed by atoms with Crippen LogP contribution in [0.2, 0.25) is 0 Å². The van der Waals surface area contributed by atoms with Gasteiger partial charge in [-0.15, -0.1) is 0 Å². The van der Waals surface area contributed by atoms with Crippen molar-refractivity contribution in [2.45, 2.75) is 37.5 Å². The van der Waals surface area contributed by atoms with E-state index in [0.29, 0.717) is 0 Å². The van der Waals surface area contributed by atoms with Crippen LogP contribution in [0.25, 0.3) is 0 Å². The van der Waals surface area contributed by atoms with E-state index in [4.69, 9.17) is 0 Å². The first-order chi connectivity index (χ1) is 20.6. The summed E-state index contributed by atoms with van der Waals surface area (Å²) >= 11 is 1.24. The van der Waals surface area contributed by atoms with Crippen LogP contribution in [0.4, 0.5) is 0 Å². The molecule has 0 saturated heterocycles. The zero-order chi connectivity index (χ0) is 29.0. The fourth-order valence-corrected chi connectivity index (χ4v) is 5.15. The molecule has 0 unspecified atom stereocenters. The molecule has 42 heavy (non-hydrogen) atoms. The van der Waals surface area contributed by atoms with Crippen molar-refractivity contribution in [2.24, 2.45) is 0 Å². The van der Waals surface area contributed by atoms with Gasteiger partial charge in [-0.3, -0.25) is 4.79 Å². The highest BCUT2D eigenvalue weighted by Gasteiger charge is 2.01. The number of thioether (sulfide) groups is 1. The van der Waals surface area contributed by atoms with Crippen molar-refractivity contribution in [2.75, 3.05) is 0 Å². The molecule has 0 radical (unpaired) electrons. The Hall–Kier alpha value is -4.76. The van der Waals surface area contributed by atoms with Crippen LogP contribution in [0.5, 0.6) is 0 Å². The van der Waals surface area contributed by atoms with E-state index in [1.807, 2.05) is 54.6 Å². The highest BCUT2D eigenvalue weighted by Crippen LogP contribution is 2.19. The van der Waals surface area contributed by atoms with Crippen LogP contribution in [0, 0.1) is 23.7 Å². The normalized spacial score (nSPS) is 10.2. The predicted octanol–water partition coefficient (Wildman–Crippen LogP) is 8.70. The van der Waals surface area contributed by atoms with Gasteiger partial charge in [0.25, 0.3) is 0 Å². The Morgan fingerprint density at radius 3 is 1.12 bits per heavy atom. The maximum absolute atomic E-state index is 11.2. The summed E-state index contributed by atoms with van der Waals surface area (Å²) in [7, 11) is 0. The Morgan fingerprint density at radius 2 is 0.762 bits per heavy atom. The van der Waals surface area contributed by atoms with Gasteiger partial charge in [-0.2, -0.15) is 0 Å². The largest absolute Gasteiger partial charge is 0.287 e. The van der Waals surface area contributed by atoms with E-state index in [1.165, 1.54) is 34.0 Å². The van der Waals surface area contributed by atoms with E-state index in [9.17, 15) is 4.79 Å². The van der Waals surface area contributed by atoms with Gasteiger partial charge in [-0.05, 0) is 109 Å². The summed E-state index contributed by atoms with van der Waals surface area (Å²) in [4.78, 5) is 12.2. The van der Waals surface area contributed by atoms with Crippen molar-refractivity contribution in [3.8, 4) is 23.7 Å². The van der Waals surface area contributed by atoms with Crippen LogP contribution in [0.15, 0.2) is 132 Å². The summed E-state index contributed by atoms with van der Waals surface area (Å²) in [5, 5.41) is 0.0884. The van der Waals surface area contributed by atoms with Gasteiger partial charge in [-0.25, -0.2) is 0 Å². The zero-order valence-electron chi connectivity index (χ0n) is 23.8. The summed E-state index contributed by atoms with van der Waals surface area (Å²) in [6, 6.07) is 44.1. The Bertz CT molecular complexity index is 1730. The van der Waals surface area contributed by atoms with Crippen molar-refractivity contribution in [3.63, 3.8) is 0 Å². The van der Waals surface area contributed by atoms with Crippen LogP contribution in [-0.2, 0) is 30.5 Å². The lowest BCUT2D eigenvalue weighted by molar-refractivity contribution is -0.109. The maximum Gasteiger partial charge on any atom is 0.190 e. The number of rotatable bonds is 7. The highest BCUT2D eigenvalue weighted by molar-refractivity contribution is 8.13. The number of carbonyl (C=O) groups excluding carboxylic acids is 1. The van der Waals surface area contributed by atoms with Crippen molar-refractivity contribution in [1.29, 1.82) is 0 Å². The molecule has 5 aromatic carbocycles. The molecule has 0 fully saturated rings. The molecule has 1 nitrogen and oxygen atoms in total. The average Bonchev–Trinajstić information content (AvgIpc) is 3.03. The summed E-state index contributed by atoms with van der Waals surface area (Å²) in [5.74, 6) is 12.9. The van der Waals surface area contributed by atoms with E-state index in [2.05, 4.69) is 96.5 Å². The second kappa shape index (κ2) is 14.7. The number of aryl methyl sites for hydroxylation is 4. The SMILES string of the molecule is CC(=O)Sc1ccc(C#Cc2ccc(CCc3ccc(CCc4ccc(C#Cc5ccccc5)cc4)cc3)cc2)cc1. The smallest absolute Gasteiger partial charge is 0.190 e. The molecule has 0 aromatic heterocycles. The minimum absolute atomic E-state index is 0.0884. The van der Waals surface area contributed by atoms with Crippen molar-refractivity contribution in [1.82, 2.24) is 0 Å². The molecule has 0 heterocycles. The fraction of sp³-hybridized carbons (Fsp3) is 0.125. The van der Waals surface area contributed by atoms with Crippen molar-refractivity contribution < 1.29 is 4.79 Å². The third-order valence-corrected chi connectivity index (χ3v) is 7.72. The molecular weight excluding hydrogens is 529 g/mol. The van der Waals surface area contributed by atoms with E-state index in [1.54, 1.807) is 6.92 Å². The van der Waals surface area contributed by atoms with Gasteiger partial charge in [0.2, 0.25) is 0 Å². The third kappa shape index (κ3) is 9.14. The van der Waals surface area contributed by atoms with Gasteiger partial charge in [0.05, 0.1) is 0 Å². The van der Waals surface area contributed by atoms with Crippen LogP contribution in [0.3, 0.4) is 0 Å². The minimum Gasteiger partial charge on any atom is -0.287 e. The average molecular weight is 561 g/mol. The van der Waals surface area contributed by atoms with Gasteiger partial charge >= 0.3 is 0 Å². The van der Waals surface area contributed by atoms with E-state index < -0.39 is 0 Å². The van der Waals surface area contributed by atoms with Crippen molar-refractivity contribution in [3.05, 3.63) is 172 Å². The minimum atomic E-state index is 0.0884. The van der Waals surface area contributed by atoms with Crippen LogP contribution in [-0.4, -0.2) is 5.12 Å². The van der Waals surface area contributed by atoms with E-state index in [-0.39, 0.29) is 5.12 Å². The second-order valence-electron chi connectivity index (χ2n) is 10.2. The summed E-state index contributed by atoms with van der Waals surface area (Å²) in [6.45, 7) is 1.57. The molecule has 0 saturated carbocycles. The van der Waals surface area contributed by atoms with Crippen LogP contribution >= 0.6 is 11.8 Å². The standard InChI is InChI=1S/C40H32OS/c1-31(41)42-40-29-27-39(28-30-40)26-25-38-23-21-37(22-24-38)20-19-36-17-15-35(16-18-36)14-13-34-11-9-33(10-12-34)8-7-32-5-3-2-4-6-32/h2-6,9-12,15-18,21-24,27-30H,13-14,19-20H2,1H3. The van der Waals surface area contributed by atoms with Crippen LogP contribution in [0.1, 0.15) is 51.4 Å². The first-order valence-corrected chi connectivity index (χ1v) is 15.0. The van der Waals surface area contributed by atoms with Crippen molar-refractivity contribution >= 4 is 16.9 Å². The molecule has 0 bridgehead atoms. The highest BCUT2D eigenvalue weighted by atomic mass is 32.2. The van der Waals surface area contributed by atoms with Gasteiger partial charge in [-0.1, -0.05) is 102 Å². The predicted molar refractivity (Wildman–Crippen MR) is 176 cm³/mol. The fourth-order valence-electron chi connectivity index (χ4n) is 4.54. The number of benzene rings is 5. The quantitative estimate of drug-likeness (QED) is 0.146. The molecule has 204 valence electrons. The monoisotopic (exact) mass is 560 g/mol. The third-order valence-electron chi connectivity index (χ3n) is 6.93. The lowest BCUT2D eigenvalue weighted by atomic mass is 9.99. The number of hydrogen-bond acceptors (Lipinski definition) is 2. The van der Waals surface area contributed by atoms with Gasteiger partial charge in [0.1, 0.15) is 0 Å². The molecule has 0 amide bonds. The Kier molecular flexibility index (Phi) is 10.1. The first kappa shape index (κ1) is 28.8. The summed E-state index contributed by atoms with van der Waals surface area (Å²) < 4.78 is 0. The maximum atomic E-state index is 11.2. The molecule has 0 aliphatic carbocycles. The molecule has 0 N–H and O–H groups in total. The molecule has 0 aliphatic rings. The van der Waals surface area contributed by atoms with Gasteiger partial charge in [0.15, 0.2) is 5.12 Å². The Labute approximate surface area is 254 Å². The van der Waals surface area contributed by atoms with E-state index >= 15 is 0 Å². The Balaban J connectivity index is 1.07. The number of carbonyl (C=O) groups is 1. The first-order valence-electron chi connectivity index (χ1n) is 14.2. The molecule has 0 aliphatic heterocycles. The Morgan fingerprint density at radius 1 is 0.452 bits per heavy atom. The number of hydrogen-bond donors (Lipinski definition) is 0. The van der Waals surface area contributed by atoms with Gasteiger partial charge < -0.3 is 0 Å². The van der Waals surface area contributed by atoms with E-state index in [0.717, 1.165) is 52.8 Å². The summed E-state index contributed by atoms with van der Waals surface area (Å²) in [6.07, 6.45) is 4.06. The molecule has 0 spiro atoms. The molecule has 0 atom stereocenters. The molecule has 5 rings (SSSR count). The lowest BCUT2D eigenvalue weighted by Crippen LogP contribution is -1.94. The topological polar surface area (TPSA) is 17.1 Å². The lowest BCUT2D eigenvalue weighted by Gasteiger charge is -2.06. The molecule has 2 heteroatoms. The second-order valence-corrected chi connectivity index (χ2v) is 11.4.